The van der Waals surface area contributed by atoms with Gasteiger partial charge in [-0.25, -0.2) is 4.79 Å². The van der Waals surface area contributed by atoms with Gasteiger partial charge in [-0.3, -0.25) is 19.2 Å². The van der Waals surface area contributed by atoms with Gasteiger partial charge >= 0.3 is 29.8 Å². The van der Waals surface area contributed by atoms with Gasteiger partial charge in [-0.15, -0.1) is 0 Å². The minimum Gasteiger partial charge on any atom is -0.475 e. The van der Waals surface area contributed by atoms with Crippen molar-refractivity contribution in [3.8, 4) is 0 Å². The third-order valence-corrected chi connectivity index (χ3v) is 3.88. The largest absolute Gasteiger partial charge is 0.475 e. The molecule has 0 bridgehead atoms. The van der Waals surface area contributed by atoms with Gasteiger partial charge in [0.1, 0.15) is 12.6 Å². The zero-order valence-electron chi connectivity index (χ0n) is 18.0. The molecule has 0 fully saturated rings. The molecule has 14 nitrogen and oxygen atoms in total. The highest BCUT2D eigenvalue weighted by Crippen LogP contribution is 2.30. The van der Waals surface area contributed by atoms with Crippen LogP contribution in [-0.2, 0) is 52.4 Å². The molecule has 0 spiro atoms. The van der Waals surface area contributed by atoms with E-state index in [9.17, 15) is 24.0 Å². The monoisotopic (exact) mass is 457 g/mol. The summed E-state index contributed by atoms with van der Waals surface area (Å²) in [6, 6.07) is -1.29. The van der Waals surface area contributed by atoms with E-state index in [2.05, 4.69) is 14.8 Å². The molecule has 0 N–H and O–H groups in total. The van der Waals surface area contributed by atoms with E-state index in [-0.39, 0.29) is 0 Å². The van der Waals surface area contributed by atoms with Crippen molar-refractivity contribution < 1.29 is 52.4 Å². The Bertz CT molecular complexity index is 834. The SMILES string of the molecule is COC(=O)C1=C[C@@H](N=[N+]=[N-])[C@@H](OC(C)=O)[C@H]([C@@H](OC(C)=O)[C@@H](COC(C)=O)OC(C)=O)O1. The molecular weight excluding hydrogens is 434 g/mol. The van der Waals surface area contributed by atoms with Crippen LogP contribution in [0.2, 0.25) is 0 Å². The highest BCUT2D eigenvalue weighted by Gasteiger charge is 2.49. The zero-order chi connectivity index (χ0) is 24.4. The van der Waals surface area contributed by atoms with Crippen LogP contribution in [0.4, 0.5) is 0 Å². The molecule has 0 radical (unpaired) electrons. The fraction of sp³-hybridized carbons (Fsp3) is 0.611. The van der Waals surface area contributed by atoms with E-state index in [0.717, 1.165) is 40.9 Å². The molecule has 14 heteroatoms. The molecule has 1 aliphatic rings. The lowest BCUT2D eigenvalue weighted by molar-refractivity contribution is -0.199. The number of carbonyl (C=O) groups is 5. The summed E-state index contributed by atoms with van der Waals surface area (Å²) in [6.45, 7) is 3.69. The number of nitrogens with zero attached hydrogens (tertiary/aromatic N) is 3. The normalized spacial score (nSPS) is 21.3. The highest BCUT2D eigenvalue weighted by atomic mass is 16.6. The zero-order valence-corrected chi connectivity index (χ0v) is 18.0. The summed E-state index contributed by atoms with van der Waals surface area (Å²) < 4.78 is 30.7. The Labute approximate surface area is 182 Å². The molecule has 5 atom stereocenters. The molecule has 0 saturated carbocycles. The van der Waals surface area contributed by atoms with Gasteiger partial charge in [0.05, 0.1) is 7.11 Å². The summed E-state index contributed by atoms with van der Waals surface area (Å²) in [7, 11) is 1.06. The van der Waals surface area contributed by atoms with Crippen LogP contribution in [0.5, 0.6) is 0 Å². The summed E-state index contributed by atoms with van der Waals surface area (Å²) in [5.74, 6) is -4.65. The van der Waals surface area contributed by atoms with Crippen LogP contribution < -0.4 is 0 Å². The lowest BCUT2D eigenvalue weighted by Gasteiger charge is -2.39. The summed E-state index contributed by atoms with van der Waals surface area (Å²) in [5, 5.41) is 3.50. The molecule has 0 aromatic heterocycles. The first-order valence-electron chi connectivity index (χ1n) is 9.16. The smallest absolute Gasteiger partial charge is 0.372 e. The Morgan fingerprint density at radius 1 is 1.06 bits per heavy atom. The van der Waals surface area contributed by atoms with Gasteiger partial charge in [0.15, 0.2) is 24.4 Å². The van der Waals surface area contributed by atoms with Crippen molar-refractivity contribution in [3.63, 3.8) is 0 Å². The van der Waals surface area contributed by atoms with E-state index in [1.807, 2.05) is 0 Å². The van der Waals surface area contributed by atoms with E-state index in [4.69, 9.17) is 29.2 Å². The second-order valence-corrected chi connectivity index (χ2v) is 6.40. The maximum atomic E-state index is 12.1. The summed E-state index contributed by atoms with van der Waals surface area (Å²) in [4.78, 5) is 61.2. The van der Waals surface area contributed by atoms with Gasteiger partial charge in [0, 0.05) is 32.6 Å². The molecule has 0 aromatic carbocycles. The molecule has 176 valence electrons. The van der Waals surface area contributed by atoms with Crippen LogP contribution in [0.25, 0.3) is 10.4 Å². The molecule has 0 amide bonds. The number of hydrogen-bond acceptors (Lipinski definition) is 12. The Balaban J connectivity index is 3.57. The number of hydrogen-bond donors (Lipinski definition) is 0. The first kappa shape index (κ1) is 26.2. The Kier molecular flexibility index (Phi) is 9.96. The van der Waals surface area contributed by atoms with Crippen molar-refractivity contribution in [2.24, 2.45) is 5.11 Å². The number of ether oxygens (including phenoxy) is 6. The second kappa shape index (κ2) is 12.2. The Morgan fingerprint density at radius 2 is 1.69 bits per heavy atom. The molecule has 1 rings (SSSR count). The average Bonchev–Trinajstić information content (AvgIpc) is 2.69. The van der Waals surface area contributed by atoms with Crippen molar-refractivity contribution in [3.05, 3.63) is 22.3 Å². The van der Waals surface area contributed by atoms with Crippen molar-refractivity contribution in [1.82, 2.24) is 0 Å². The maximum Gasteiger partial charge on any atom is 0.372 e. The van der Waals surface area contributed by atoms with Gasteiger partial charge in [-0.2, -0.15) is 0 Å². The molecule has 0 aliphatic carbocycles. The first-order valence-corrected chi connectivity index (χ1v) is 9.16. The summed E-state index contributed by atoms with van der Waals surface area (Å²) >= 11 is 0. The van der Waals surface area contributed by atoms with Crippen molar-refractivity contribution in [2.45, 2.75) is 58.2 Å². The predicted octanol–water partition coefficient (Wildman–Crippen LogP) is 0.479. The standard InChI is InChI=1S/C18H23N3O11/c1-8(22)28-7-14(29-9(2)23)16(31-11(4)25)17-15(30-10(3)24)12(20-21-19)6-13(32-17)18(26)27-5/h6,12,14-17H,7H2,1-5H3/t12-,14-,15-,16+,17-/m1/s1. The van der Waals surface area contributed by atoms with E-state index in [0.29, 0.717) is 0 Å². The van der Waals surface area contributed by atoms with Crippen molar-refractivity contribution in [1.29, 1.82) is 0 Å². The minimum absolute atomic E-state index is 0.440. The Morgan fingerprint density at radius 3 is 2.16 bits per heavy atom. The lowest BCUT2D eigenvalue weighted by Crippen LogP contribution is -2.56. The molecule has 32 heavy (non-hydrogen) atoms. The molecule has 0 unspecified atom stereocenters. The van der Waals surface area contributed by atoms with Gasteiger partial charge in [-0.1, -0.05) is 5.11 Å². The van der Waals surface area contributed by atoms with E-state index < -0.39 is 72.7 Å². The number of azide groups is 1. The van der Waals surface area contributed by atoms with Crippen LogP contribution in [0.1, 0.15) is 27.7 Å². The molecule has 1 heterocycles. The Hall–Kier alpha value is -3.80. The van der Waals surface area contributed by atoms with Crippen LogP contribution in [0, 0.1) is 0 Å². The van der Waals surface area contributed by atoms with Gasteiger partial charge in [0.2, 0.25) is 5.76 Å². The third-order valence-electron chi connectivity index (χ3n) is 3.88. The van der Waals surface area contributed by atoms with Crippen LogP contribution >= 0.6 is 0 Å². The fourth-order valence-electron chi connectivity index (χ4n) is 2.81. The second-order valence-electron chi connectivity index (χ2n) is 6.40. The van der Waals surface area contributed by atoms with Gasteiger partial charge < -0.3 is 28.4 Å². The summed E-state index contributed by atoms with van der Waals surface area (Å²) in [6.07, 6.45) is -4.89. The number of carbonyl (C=O) groups excluding carboxylic acids is 5. The maximum absolute atomic E-state index is 12.1. The topological polar surface area (TPSA) is 189 Å². The number of rotatable bonds is 9. The average molecular weight is 457 g/mol. The molecular formula is C18H23N3O11. The number of esters is 5. The predicted molar refractivity (Wildman–Crippen MR) is 101 cm³/mol. The van der Waals surface area contributed by atoms with Crippen LogP contribution in [-0.4, -0.2) is 74.0 Å². The van der Waals surface area contributed by atoms with Crippen LogP contribution in [0.3, 0.4) is 0 Å². The minimum atomic E-state index is -1.56. The summed E-state index contributed by atoms with van der Waals surface area (Å²) in [5.41, 5.74) is 8.92. The highest BCUT2D eigenvalue weighted by molar-refractivity contribution is 5.86. The first-order chi connectivity index (χ1) is 15.0. The van der Waals surface area contributed by atoms with Crippen molar-refractivity contribution in [2.75, 3.05) is 13.7 Å². The molecule has 0 aromatic rings. The van der Waals surface area contributed by atoms with E-state index in [1.54, 1.807) is 0 Å². The van der Waals surface area contributed by atoms with Gasteiger partial charge in [0.25, 0.3) is 0 Å². The van der Waals surface area contributed by atoms with Gasteiger partial charge in [-0.05, 0) is 11.6 Å². The quantitative estimate of drug-likeness (QED) is 0.154. The van der Waals surface area contributed by atoms with Crippen LogP contribution in [0.15, 0.2) is 16.9 Å². The van der Waals surface area contributed by atoms with E-state index in [1.165, 1.54) is 0 Å². The fourth-order valence-corrected chi connectivity index (χ4v) is 2.81. The number of methoxy groups -OCH3 is 1. The lowest BCUT2D eigenvalue weighted by atomic mass is 9.94. The molecule has 0 saturated heterocycles. The van der Waals surface area contributed by atoms with Crippen molar-refractivity contribution >= 4 is 29.8 Å². The molecule has 1 aliphatic heterocycles. The van der Waals surface area contributed by atoms with E-state index >= 15 is 0 Å². The third kappa shape index (κ3) is 7.80.